The van der Waals surface area contributed by atoms with E-state index in [9.17, 15) is 20.0 Å². The molecule has 2 heterocycles. The number of hydrogen-bond acceptors (Lipinski definition) is 8. The predicted molar refractivity (Wildman–Crippen MR) is 131 cm³/mol. The van der Waals surface area contributed by atoms with Gasteiger partial charge in [0.15, 0.2) is 0 Å². The second-order valence-electron chi connectivity index (χ2n) is 6.93. The fraction of sp³-hybridized carbons (Fsp3) is 0.0833. The first-order chi connectivity index (χ1) is 16.4. The minimum atomic E-state index is -0.677. The van der Waals surface area contributed by atoms with Gasteiger partial charge in [-0.2, -0.15) is 0 Å². The van der Waals surface area contributed by atoms with Crippen LogP contribution in [0.1, 0.15) is 12.7 Å². The number of aliphatic imine (C=N–C) groups is 1. The van der Waals surface area contributed by atoms with Crippen LogP contribution in [0.15, 0.2) is 86.3 Å². The molecule has 1 aliphatic heterocycles. The molecule has 2 aromatic carbocycles. The molecular weight excluding hydrogens is 480 g/mol. The average Bonchev–Trinajstić information content (AvgIpc) is 3.39. The molecule has 1 aliphatic rings. The number of esters is 1. The summed E-state index contributed by atoms with van der Waals surface area (Å²) >= 11 is 7.30. The number of rotatable bonds is 6. The van der Waals surface area contributed by atoms with Crippen molar-refractivity contribution in [2.24, 2.45) is 4.99 Å². The van der Waals surface area contributed by atoms with E-state index in [0.29, 0.717) is 32.7 Å². The van der Waals surface area contributed by atoms with Gasteiger partial charge in [-0.15, -0.1) is 0 Å². The number of para-hydroxylation sites is 1. The van der Waals surface area contributed by atoms with Gasteiger partial charge in [-0.1, -0.05) is 41.6 Å². The smallest absolute Gasteiger partial charge is 0.344 e. The van der Waals surface area contributed by atoms with Gasteiger partial charge >= 0.3 is 5.97 Å². The van der Waals surface area contributed by atoms with Gasteiger partial charge in [0.05, 0.1) is 27.1 Å². The van der Waals surface area contributed by atoms with E-state index >= 15 is 0 Å². The van der Waals surface area contributed by atoms with Crippen molar-refractivity contribution in [2.45, 2.75) is 6.92 Å². The SMILES string of the molecule is CCOC(=O)C1=C(O)/C(=C\c2ccc(-c3ccc([N+](=O)[O-])cc3Cl)o2)SC1=Nc1ccccc1. The zero-order valence-corrected chi connectivity index (χ0v) is 19.3. The number of carbonyl (C=O) groups is 1. The topological polar surface area (TPSA) is 115 Å². The molecule has 1 aromatic heterocycles. The molecule has 0 atom stereocenters. The van der Waals surface area contributed by atoms with Crippen LogP contribution < -0.4 is 0 Å². The highest BCUT2D eigenvalue weighted by Crippen LogP contribution is 2.41. The third kappa shape index (κ3) is 4.90. The van der Waals surface area contributed by atoms with Crippen molar-refractivity contribution in [2.75, 3.05) is 6.61 Å². The summed E-state index contributed by atoms with van der Waals surface area (Å²) in [6, 6.07) is 16.4. The predicted octanol–water partition coefficient (Wildman–Crippen LogP) is 6.70. The van der Waals surface area contributed by atoms with Crippen molar-refractivity contribution in [3.05, 3.63) is 97.8 Å². The van der Waals surface area contributed by atoms with E-state index in [1.165, 1.54) is 18.2 Å². The van der Waals surface area contributed by atoms with Gasteiger partial charge in [0.2, 0.25) is 0 Å². The number of non-ortho nitro benzene ring substituents is 1. The molecule has 172 valence electrons. The third-order valence-corrected chi connectivity index (χ3v) is 6.02. The van der Waals surface area contributed by atoms with Crippen molar-refractivity contribution in [1.82, 2.24) is 0 Å². The first-order valence-electron chi connectivity index (χ1n) is 10.1. The molecule has 0 aliphatic carbocycles. The van der Waals surface area contributed by atoms with Crippen LogP contribution in [0.25, 0.3) is 17.4 Å². The Hall–Kier alpha value is -3.82. The van der Waals surface area contributed by atoms with Crippen LogP contribution in [0.5, 0.6) is 0 Å². The number of carbonyl (C=O) groups excluding carboxylic acids is 1. The van der Waals surface area contributed by atoms with Crippen LogP contribution in [-0.2, 0) is 9.53 Å². The third-order valence-electron chi connectivity index (χ3n) is 4.69. The van der Waals surface area contributed by atoms with Crippen LogP contribution in [0.4, 0.5) is 11.4 Å². The molecule has 0 bridgehead atoms. The Kier molecular flexibility index (Phi) is 6.85. The van der Waals surface area contributed by atoms with E-state index in [1.54, 1.807) is 37.3 Å². The molecule has 0 radical (unpaired) electrons. The van der Waals surface area contributed by atoms with Gasteiger partial charge in [0.25, 0.3) is 5.69 Å². The van der Waals surface area contributed by atoms with Gasteiger partial charge in [-0.25, -0.2) is 9.79 Å². The number of nitro groups is 1. The number of ether oxygens (including phenoxy) is 1. The average molecular weight is 497 g/mol. The number of furan rings is 1. The quantitative estimate of drug-likeness (QED) is 0.229. The number of nitrogens with zero attached hydrogens (tertiary/aromatic N) is 2. The molecule has 1 N–H and O–H groups in total. The molecule has 34 heavy (non-hydrogen) atoms. The molecule has 0 unspecified atom stereocenters. The van der Waals surface area contributed by atoms with E-state index in [0.717, 1.165) is 11.8 Å². The Morgan fingerprint density at radius 3 is 2.68 bits per heavy atom. The van der Waals surface area contributed by atoms with Crippen LogP contribution in [-0.4, -0.2) is 27.6 Å². The molecule has 0 saturated heterocycles. The maximum absolute atomic E-state index is 12.5. The number of aliphatic hydroxyl groups is 1. The Bertz CT molecular complexity index is 1360. The fourth-order valence-corrected chi connectivity index (χ4v) is 4.42. The maximum atomic E-state index is 12.5. The molecule has 0 amide bonds. The summed E-state index contributed by atoms with van der Waals surface area (Å²) in [5.74, 6) is -0.169. The van der Waals surface area contributed by atoms with Crippen LogP contribution >= 0.6 is 23.4 Å². The lowest BCUT2D eigenvalue weighted by atomic mass is 10.1. The lowest BCUT2D eigenvalue weighted by Crippen LogP contribution is -2.12. The molecular formula is C24H17ClN2O6S. The standard InChI is InChI=1S/C24H17ClN2O6S/c1-2-32-24(29)21-22(28)20(34-23(21)26-14-6-4-3-5-7-14)13-16-9-11-19(33-16)17-10-8-15(27(30)31)12-18(17)25/h3-13,28H,2H2,1H3/b20-13+,26-23?. The maximum Gasteiger partial charge on any atom is 0.344 e. The largest absolute Gasteiger partial charge is 0.506 e. The molecule has 0 spiro atoms. The summed E-state index contributed by atoms with van der Waals surface area (Å²) in [7, 11) is 0. The van der Waals surface area contributed by atoms with Crippen molar-refractivity contribution in [3.63, 3.8) is 0 Å². The van der Waals surface area contributed by atoms with Crippen LogP contribution in [0, 0.1) is 10.1 Å². The molecule has 3 aromatic rings. The highest BCUT2D eigenvalue weighted by Gasteiger charge is 2.33. The van der Waals surface area contributed by atoms with Crippen molar-refractivity contribution >= 4 is 51.8 Å². The number of nitro benzene ring substituents is 1. The summed E-state index contributed by atoms with van der Waals surface area (Å²) in [5.41, 5.74) is 0.951. The van der Waals surface area contributed by atoms with E-state index in [-0.39, 0.29) is 28.6 Å². The number of hydrogen-bond donors (Lipinski definition) is 1. The molecule has 8 nitrogen and oxygen atoms in total. The van der Waals surface area contributed by atoms with Crippen molar-refractivity contribution < 1.29 is 24.0 Å². The minimum Gasteiger partial charge on any atom is -0.506 e. The summed E-state index contributed by atoms with van der Waals surface area (Å²) in [5, 5.41) is 22.2. The molecule has 10 heteroatoms. The second-order valence-corrected chi connectivity index (χ2v) is 8.37. The monoisotopic (exact) mass is 496 g/mol. The molecule has 0 saturated carbocycles. The van der Waals surface area contributed by atoms with E-state index in [1.807, 2.05) is 18.2 Å². The number of benzene rings is 2. The number of thioether (sulfide) groups is 1. The van der Waals surface area contributed by atoms with Crippen LogP contribution in [0.3, 0.4) is 0 Å². The Labute approximate surface area is 203 Å². The number of halogens is 1. The Balaban J connectivity index is 1.68. The second kappa shape index (κ2) is 9.98. The lowest BCUT2D eigenvalue weighted by Gasteiger charge is -2.03. The fourth-order valence-electron chi connectivity index (χ4n) is 3.13. The van der Waals surface area contributed by atoms with E-state index in [2.05, 4.69) is 4.99 Å². The minimum absolute atomic E-state index is 0.0212. The number of aliphatic hydroxyl groups excluding tert-OH is 1. The van der Waals surface area contributed by atoms with Crippen molar-refractivity contribution in [3.8, 4) is 11.3 Å². The summed E-state index contributed by atoms with van der Waals surface area (Å²) in [6.45, 7) is 1.82. The van der Waals surface area contributed by atoms with Gasteiger partial charge in [-0.3, -0.25) is 10.1 Å². The summed E-state index contributed by atoms with van der Waals surface area (Å²) < 4.78 is 10.9. The van der Waals surface area contributed by atoms with Gasteiger partial charge in [0.1, 0.15) is 27.9 Å². The first kappa shape index (κ1) is 23.3. The molecule has 4 rings (SSSR count). The highest BCUT2D eigenvalue weighted by atomic mass is 35.5. The lowest BCUT2D eigenvalue weighted by molar-refractivity contribution is -0.384. The van der Waals surface area contributed by atoms with E-state index < -0.39 is 10.9 Å². The Morgan fingerprint density at radius 1 is 1.24 bits per heavy atom. The normalized spacial score (nSPS) is 15.8. The zero-order valence-electron chi connectivity index (χ0n) is 17.7. The zero-order chi connectivity index (χ0) is 24.2. The Morgan fingerprint density at radius 2 is 2.00 bits per heavy atom. The van der Waals surface area contributed by atoms with Gasteiger partial charge in [-0.05, 0) is 43.3 Å². The summed E-state index contributed by atoms with van der Waals surface area (Å²) in [4.78, 5) is 27.8. The van der Waals surface area contributed by atoms with E-state index in [4.69, 9.17) is 20.8 Å². The van der Waals surface area contributed by atoms with Crippen molar-refractivity contribution in [1.29, 1.82) is 0 Å². The van der Waals surface area contributed by atoms with Crippen LogP contribution in [0.2, 0.25) is 5.02 Å². The molecule has 0 fully saturated rings. The first-order valence-corrected chi connectivity index (χ1v) is 11.3. The van der Waals surface area contributed by atoms with Gasteiger partial charge < -0.3 is 14.3 Å². The van der Waals surface area contributed by atoms with Gasteiger partial charge in [0, 0.05) is 17.7 Å². The summed E-state index contributed by atoms with van der Waals surface area (Å²) in [6.07, 6.45) is 1.57. The highest BCUT2D eigenvalue weighted by molar-refractivity contribution is 8.18.